The summed E-state index contributed by atoms with van der Waals surface area (Å²) in [4.78, 5) is 15.3. The zero-order valence-corrected chi connectivity index (χ0v) is 27.6. The van der Waals surface area contributed by atoms with Crippen LogP contribution in [-0.4, -0.2) is 15.0 Å². The van der Waals surface area contributed by atoms with E-state index in [-0.39, 0.29) is 11.8 Å². The van der Waals surface area contributed by atoms with E-state index >= 15 is 0 Å². The molecule has 51 heavy (non-hydrogen) atoms. The minimum absolute atomic E-state index is 0.00583. The predicted molar refractivity (Wildman–Crippen MR) is 208 cm³/mol. The van der Waals surface area contributed by atoms with Crippen LogP contribution in [0.3, 0.4) is 0 Å². The molecule has 8 aromatic rings. The molecule has 0 fully saturated rings. The lowest BCUT2D eigenvalue weighted by Crippen LogP contribution is -2.18. The summed E-state index contributed by atoms with van der Waals surface area (Å²) in [6, 6.07) is 50.7. The van der Waals surface area contributed by atoms with E-state index in [4.69, 9.17) is 19.4 Å². The molecule has 2 unspecified atom stereocenters. The van der Waals surface area contributed by atoms with Crippen LogP contribution in [0.1, 0.15) is 23.1 Å². The van der Waals surface area contributed by atoms with Crippen LogP contribution in [-0.2, 0) is 0 Å². The van der Waals surface area contributed by atoms with Crippen molar-refractivity contribution in [2.24, 2.45) is 5.92 Å². The third kappa shape index (κ3) is 5.12. The summed E-state index contributed by atoms with van der Waals surface area (Å²) in [7, 11) is 0. The van der Waals surface area contributed by atoms with Gasteiger partial charge >= 0.3 is 0 Å². The van der Waals surface area contributed by atoms with Crippen LogP contribution in [0.4, 0.5) is 0 Å². The normalized spacial score (nSPS) is 16.2. The highest BCUT2D eigenvalue weighted by Gasteiger charge is 2.36. The molecule has 240 valence electrons. The van der Waals surface area contributed by atoms with E-state index in [9.17, 15) is 0 Å². The molecule has 0 saturated heterocycles. The van der Waals surface area contributed by atoms with Crippen LogP contribution in [0.15, 0.2) is 174 Å². The highest BCUT2D eigenvalue weighted by Crippen LogP contribution is 2.50. The Morgan fingerprint density at radius 1 is 0.451 bits per heavy atom. The largest absolute Gasteiger partial charge is 0.460 e. The van der Waals surface area contributed by atoms with Gasteiger partial charge in [-0.2, -0.15) is 0 Å². The van der Waals surface area contributed by atoms with Gasteiger partial charge in [0.05, 0.1) is 0 Å². The molecule has 2 aliphatic carbocycles. The summed E-state index contributed by atoms with van der Waals surface area (Å²) in [5.74, 6) is 2.97. The highest BCUT2D eigenvalue weighted by molar-refractivity contribution is 6.05. The Labute approximate surface area is 295 Å². The number of fused-ring (bicyclic) bond motifs is 6. The second-order valence-corrected chi connectivity index (χ2v) is 13.2. The average Bonchev–Trinajstić information content (AvgIpc) is 3.60. The number of hydrogen-bond donors (Lipinski definition) is 0. The van der Waals surface area contributed by atoms with E-state index in [2.05, 4.69) is 140 Å². The second kappa shape index (κ2) is 12.0. The van der Waals surface area contributed by atoms with Crippen LogP contribution in [0.25, 0.3) is 78.4 Å². The number of benzene rings is 6. The molecule has 4 heteroatoms. The van der Waals surface area contributed by atoms with Crippen molar-refractivity contribution in [1.82, 2.24) is 15.0 Å². The zero-order valence-electron chi connectivity index (χ0n) is 27.6. The summed E-state index contributed by atoms with van der Waals surface area (Å²) in [6.45, 7) is 0. The number of allylic oxidation sites excluding steroid dienone is 5. The fourth-order valence-electron chi connectivity index (χ4n) is 7.62. The monoisotopic (exact) mass is 653 g/mol. The van der Waals surface area contributed by atoms with Crippen LogP contribution in [0.5, 0.6) is 0 Å². The van der Waals surface area contributed by atoms with Crippen molar-refractivity contribution in [3.63, 3.8) is 0 Å². The van der Waals surface area contributed by atoms with E-state index in [1.54, 1.807) is 0 Å². The number of rotatable bonds is 5. The topological polar surface area (TPSA) is 51.8 Å². The third-order valence-electron chi connectivity index (χ3n) is 10.1. The van der Waals surface area contributed by atoms with Gasteiger partial charge in [-0.1, -0.05) is 152 Å². The van der Waals surface area contributed by atoms with Gasteiger partial charge in [-0.15, -0.1) is 0 Å². The van der Waals surface area contributed by atoms with Crippen molar-refractivity contribution in [2.75, 3.05) is 0 Å². The summed E-state index contributed by atoms with van der Waals surface area (Å²) in [5, 5.41) is 3.57. The summed E-state index contributed by atoms with van der Waals surface area (Å²) < 4.78 is 6.77. The first kappa shape index (κ1) is 29.3. The van der Waals surface area contributed by atoms with Crippen molar-refractivity contribution in [3.8, 4) is 45.0 Å². The van der Waals surface area contributed by atoms with Crippen LogP contribution >= 0.6 is 0 Å². The van der Waals surface area contributed by atoms with Crippen molar-refractivity contribution in [2.45, 2.75) is 5.92 Å². The van der Waals surface area contributed by atoms with Gasteiger partial charge in [0.1, 0.15) is 11.3 Å². The van der Waals surface area contributed by atoms with Crippen molar-refractivity contribution < 1.29 is 4.42 Å². The van der Waals surface area contributed by atoms with Crippen LogP contribution < -0.4 is 0 Å². The van der Waals surface area contributed by atoms with Crippen molar-refractivity contribution in [3.05, 3.63) is 187 Å². The Hall–Kier alpha value is -6.65. The zero-order chi connectivity index (χ0) is 33.7. The number of hydrogen-bond acceptors (Lipinski definition) is 4. The van der Waals surface area contributed by atoms with Gasteiger partial charge in [0, 0.05) is 39.5 Å². The Morgan fingerprint density at radius 2 is 1.06 bits per heavy atom. The lowest BCUT2D eigenvalue weighted by Gasteiger charge is -2.29. The van der Waals surface area contributed by atoms with Crippen molar-refractivity contribution >= 4 is 33.4 Å². The summed E-state index contributed by atoms with van der Waals surface area (Å²) in [5.41, 5.74) is 9.55. The molecule has 2 aromatic heterocycles. The molecule has 2 aliphatic rings. The quantitative estimate of drug-likeness (QED) is 0.185. The van der Waals surface area contributed by atoms with Gasteiger partial charge in [0.15, 0.2) is 17.5 Å². The number of aromatic nitrogens is 3. The van der Waals surface area contributed by atoms with Gasteiger partial charge in [0.25, 0.3) is 0 Å². The highest BCUT2D eigenvalue weighted by atomic mass is 16.3. The van der Waals surface area contributed by atoms with Gasteiger partial charge in [0.2, 0.25) is 0 Å². The van der Waals surface area contributed by atoms with Gasteiger partial charge < -0.3 is 4.42 Å². The van der Waals surface area contributed by atoms with Gasteiger partial charge in [-0.25, -0.2) is 15.0 Å². The smallest absolute Gasteiger partial charge is 0.164 e. The fourth-order valence-corrected chi connectivity index (χ4v) is 7.62. The minimum atomic E-state index is 0.00583. The molecule has 2 heterocycles. The van der Waals surface area contributed by atoms with Crippen LogP contribution in [0, 0.1) is 5.92 Å². The first-order valence-electron chi connectivity index (χ1n) is 17.4. The summed E-state index contributed by atoms with van der Waals surface area (Å²) in [6.07, 6.45) is 11.0. The van der Waals surface area contributed by atoms with E-state index in [1.807, 2.05) is 36.4 Å². The Morgan fingerprint density at radius 3 is 1.82 bits per heavy atom. The first-order chi connectivity index (χ1) is 25.3. The lowest BCUT2D eigenvalue weighted by atomic mass is 9.75. The lowest BCUT2D eigenvalue weighted by molar-refractivity contribution is 0.496. The van der Waals surface area contributed by atoms with E-state index in [0.717, 1.165) is 50.1 Å². The Kier molecular flexibility index (Phi) is 6.91. The molecule has 0 N–H and O–H groups in total. The third-order valence-corrected chi connectivity index (χ3v) is 10.1. The molecule has 0 bridgehead atoms. The maximum Gasteiger partial charge on any atom is 0.164 e. The maximum absolute atomic E-state index is 6.77. The van der Waals surface area contributed by atoms with E-state index in [1.165, 1.54) is 21.9 Å². The van der Waals surface area contributed by atoms with Gasteiger partial charge in [-0.05, 0) is 57.3 Å². The van der Waals surface area contributed by atoms with Crippen LogP contribution in [0.2, 0.25) is 0 Å². The second-order valence-electron chi connectivity index (χ2n) is 13.2. The van der Waals surface area contributed by atoms with E-state index in [0.29, 0.717) is 17.5 Å². The molecule has 10 rings (SSSR count). The Balaban J connectivity index is 1.16. The SMILES string of the molecule is C1=CC2C(c3nc(-c4ccccc4)nc(-c4ccccc4)n3)=Cc3c(oc4cccc(-c5cccc(-c6ccc7ccccc7c6)c5)c34)C2C=C1. The fraction of sp³-hybridized carbons (Fsp3) is 0.0426. The molecule has 0 amide bonds. The molecule has 4 nitrogen and oxygen atoms in total. The Bertz CT molecular complexity index is 2650. The standard InChI is InChI=1S/C47H31N3O/c1-3-14-31(15-4-1)45-48-46(32-16-5-2-6-17-32)50-47(49-45)40-29-41-43-37(23-12-24-42(43)51-44(41)39-22-10-9-21-38(39)40)36-20-11-19-34(28-36)35-26-25-30-13-7-8-18-33(30)27-35/h1-29,38-39H. The average molecular weight is 654 g/mol. The molecule has 0 spiro atoms. The van der Waals surface area contributed by atoms with Gasteiger partial charge in [-0.3, -0.25) is 0 Å². The maximum atomic E-state index is 6.77. The van der Waals surface area contributed by atoms with Crippen molar-refractivity contribution in [1.29, 1.82) is 0 Å². The molecule has 0 aliphatic heterocycles. The molecule has 6 aromatic carbocycles. The number of nitrogens with zero attached hydrogens (tertiary/aromatic N) is 3. The molecule has 0 saturated carbocycles. The minimum Gasteiger partial charge on any atom is -0.460 e. The molecule has 0 radical (unpaired) electrons. The molecular formula is C47H31N3O. The molecular weight excluding hydrogens is 623 g/mol. The first-order valence-corrected chi connectivity index (χ1v) is 17.4. The summed E-state index contributed by atoms with van der Waals surface area (Å²) >= 11 is 0. The molecule has 2 atom stereocenters. The number of furan rings is 1. The van der Waals surface area contributed by atoms with E-state index < -0.39 is 0 Å². The predicted octanol–water partition coefficient (Wildman–Crippen LogP) is 11.8.